The molecule has 0 aliphatic rings. The molecule has 8 aromatic rings. The molecular formula is C71H85N9O15. The first-order valence-electron chi connectivity index (χ1n) is 31.0. The second-order valence-corrected chi connectivity index (χ2v) is 22.9. The van der Waals surface area contributed by atoms with E-state index in [-0.39, 0.29) is 49.7 Å². The normalized spacial score (nSPS) is 13.7. The maximum atomic E-state index is 13.0. The van der Waals surface area contributed by atoms with E-state index in [1.54, 1.807) is 91.8 Å². The van der Waals surface area contributed by atoms with Crippen LogP contribution in [-0.2, 0) is 74.5 Å². The van der Waals surface area contributed by atoms with Gasteiger partial charge in [0.25, 0.3) is 0 Å². The van der Waals surface area contributed by atoms with E-state index in [2.05, 4.69) is 39.7 Å². The third kappa shape index (κ3) is 26.1. The largest absolute Gasteiger partial charge is 0.481 e. The van der Waals surface area contributed by atoms with Crippen LogP contribution in [0.25, 0.3) is 0 Å². The van der Waals surface area contributed by atoms with Crippen molar-refractivity contribution < 1.29 is 75.3 Å². The number of aliphatic hydroxyl groups is 10. The van der Waals surface area contributed by atoms with Crippen molar-refractivity contribution in [3.05, 3.63) is 250 Å². The Kier molecular flexibility index (Phi) is 31.5. The second-order valence-electron chi connectivity index (χ2n) is 22.9. The summed E-state index contributed by atoms with van der Waals surface area (Å²) < 4.78 is 0. The highest BCUT2D eigenvalue weighted by Crippen LogP contribution is 2.18. The molecule has 11 N–H and O–H groups in total. The number of nitrogens with zero attached hydrogens (tertiary/aromatic N) is 9. The Hall–Kier alpha value is -8.86. The molecule has 0 saturated heterocycles. The number of hydrogen-bond donors (Lipinski definition) is 11. The summed E-state index contributed by atoms with van der Waals surface area (Å²) in [5.74, 6) is -1.35. The number of carbonyl (C=O) groups is 4. The maximum Gasteiger partial charge on any atom is 0.307 e. The van der Waals surface area contributed by atoms with Crippen LogP contribution in [0.4, 0.5) is 0 Å². The second kappa shape index (κ2) is 39.8. The third-order valence-electron chi connectivity index (χ3n) is 15.1. The van der Waals surface area contributed by atoms with Crippen molar-refractivity contribution in [2.75, 3.05) is 26.8 Å². The summed E-state index contributed by atoms with van der Waals surface area (Å²) in [5, 5.41) is 102. The summed E-state index contributed by atoms with van der Waals surface area (Å²) in [7, 11) is 1.44. The highest BCUT2D eigenvalue weighted by atomic mass is 16.4. The lowest BCUT2D eigenvalue weighted by atomic mass is 10.0. The van der Waals surface area contributed by atoms with Crippen LogP contribution < -0.4 is 0 Å². The van der Waals surface area contributed by atoms with E-state index in [9.17, 15) is 49.8 Å². The van der Waals surface area contributed by atoms with Crippen LogP contribution in [0.3, 0.4) is 0 Å². The van der Waals surface area contributed by atoms with Crippen LogP contribution in [0.5, 0.6) is 0 Å². The highest BCUT2D eigenvalue weighted by molar-refractivity contribution is 5.97. The average Bonchev–Trinajstić information content (AvgIpc) is 1.12. The van der Waals surface area contributed by atoms with Crippen LogP contribution in [0.2, 0.25) is 0 Å². The van der Waals surface area contributed by atoms with Gasteiger partial charge in [-0.15, -0.1) is 0 Å². The van der Waals surface area contributed by atoms with Gasteiger partial charge >= 0.3 is 5.97 Å². The maximum absolute atomic E-state index is 13.0. The van der Waals surface area contributed by atoms with Gasteiger partial charge in [-0.25, -0.2) is 0 Å². The van der Waals surface area contributed by atoms with E-state index in [0.717, 1.165) is 45.3 Å². The Morgan fingerprint density at radius 1 is 0.389 bits per heavy atom. The van der Waals surface area contributed by atoms with Gasteiger partial charge < -0.3 is 61.1 Å². The van der Waals surface area contributed by atoms with Crippen molar-refractivity contribution in [2.24, 2.45) is 0 Å². The molecule has 6 aromatic heterocycles. The standard InChI is InChI=1S/C35H41N5O7.C28H26N4O3.C8H18O5/c1-39(22-31(43)34(46)35(47)32(44)23-41)33(45)17-25-10-8-24(9-11-25)16-30(42)26-12-13-29(38-18-26)21-40(19-27-6-2-4-14-36-27)20-28-7-3-5-15-37-28;33-27(15-21-7-9-22(10-8-21)16-28(34)35)23-11-12-26(31-17-23)20-32(18-24-5-1-3-13-29-24)19-25-6-2-4-14-30-25;1-2-3-5(10)7(12)8(13)6(11)4-9/h2-15,18,31-32,34-35,41,43-44,46-47H,16-17,19-23H2,1H3;1-14,17H,15-16,18-20H2,(H,34,35);5-13H,2-4H2,1H3/t31-,32+,34+,35+;;5-,6+,7+,8+/m0.0/s1. The number of aromatic nitrogens is 6. The number of rotatable bonds is 34. The summed E-state index contributed by atoms with van der Waals surface area (Å²) in [6.07, 6.45) is -0.371. The highest BCUT2D eigenvalue weighted by Gasteiger charge is 2.32. The molecule has 1 amide bonds. The van der Waals surface area contributed by atoms with Gasteiger partial charge in [-0.05, 0) is 101 Å². The van der Waals surface area contributed by atoms with Gasteiger partial charge in [0.1, 0.15) is 42.7 Å². The van der Waals surface area contributed by atoms with Gasteiger partial charge in [0.15, 0.2) is 11.6 Å². The van der Waals surface area contributed by atoms with Crippen molar-refractivity contribution in [2.45, 2.75) is 134 Å². The van der Waals surface area contributed by atoms with Gasteiger partial charge in [-0.3, -0.25) is 58.9 Å². The van der Waals surface area contributed by atoms with Crippen LogP contribution in [0, 0.1) is 0 Å². The van der Waals surface area contributed by atoms with Crippen LogP contribution in [-0.4, -0.2) is 200 Å². The Morgan fingerprint density at radius 2 is 0.705 bits per heavy atom. The zero-order chi connectivity index (χ0) is 68.7. The molecule has 24 heteroatoms. The molecular weight excluding hydrogens is 1220 g/mol. The van der Waals surface area contributed by atoms with Crippen LogP contribution >= 0.6 is 0 Å². The van der Waals surface area contributed by atoms with Gasteiger partial charge in [0.2, 0.25) is 5.91 Å². The predicted molar refractivity (Wildman–Crippen MR) is 350 cm³/mol. The lowest BCUT2D eigenvalue weighted by Gasteiger charge is -2.28. The minimum atomic E-state index is -1.77. The molecule has 0 unspecified atom stereocenters. The molecule has 0 aliphatic heterocycles. The fraction of sp³-hybridized carbons (Fsp3) is 0.352. The smallest absolute Gasteiger partial charge is 0.307 e. The fourth-order valence-electron chi connectivity index (χ4n) is 9.73. The fourth-order valence-corrected chi connectivity index (χ4v) is 9.73. The van der Waals surface area contributed by atoms with Gasteiger partial charge in [-0.1, -0.05) is 86.1 Å². The number of hydrogen-bond acceptors (Lipinski definition) is 22. The first-order valence-corrected chi connectivity index (χ1v) is 31.0. The summed E-state index contributed by atoms with van der Waals surface area (Å²) in [6, 6.07) is 44.8. The molecule has 0 bridgehead atoms. The molecule has 0 saturated carbocycles. The van der Waals surface area contributed by atoms with E-state index in [0.29, 0.717) is 74.4 Å². The number of aliphatic carboxylic acids is 1. The molecule has 8 atom stereocenters. The number of pyridine rings is 6. The number of amides is 1. The van der Waals surface area contributed by atoms with Crippen molar-refractivity contribution in [3.63, 3.8) is 0 Å². The van der Waals surface area contributed by atoms with E-state index in [4.69, 9.17) is 25.5 Å². The van der Waals surface area contributed by atoms with Gasteiger partial charge in [0, 0.05) is 114 Å². The molecule has 24 nitrogen and oxygen atoms in total. The molecule has 6 heterocycles. The first kappa shape index (κ1) is 75.2. The Labute approximate surface area is 551 Å². The van der Waals surface area contributed by atoms with Crippen molar-refractivity contribution >= 4 is 23.4 Å². The van der Waals surface area contributed by atoms with Gasteiger partial charge in [-0.2, -0.15) is 0 Å². The molecule has 95 heavy (non-hydrogen) atoms. The molecule has 0 spiro atoms. The Morgan fingerprint density at radius 3 is 1.00 bits per heavy atom. The number of ketones is 2. The monoisotopic (exact) mass is 1300 g/mol. The van der Waals surface area contributed by atoms with E-state index >= 15 is 0 Å². The SMILES string of the molecule is CCC[C@H](O)[C@@H](O)[C@H](O)[C@H](O)CO.CN(C[C@H](O)[C@@H](O)[C@H](O)[C@H](O)CO)C(=O)Cc1ccc(CC(=O)c2ccc(CN(Cc3ccccn3)Cc3ccccn3)nc2)cc1.O=C(O)Cc1ccc(CC(=O)c2ccc(CN(Cc3ccccn3)Cc3ccccn3)nc2)cc1. The number of carboxylic acids is 1. The van der Waals surface area contributed by atoms with Gasteiger partial charge in [0.05, 0.1) is 66.3 Å². The Bertz CT molecular complexity index is 3440. The topological polar surface area (TPSA) is 378 Å². The molecule has 504 valence electrons. The summed E-state index contributed by atoms with van der Waals surface area (Å²) in [6.45, 7) is 3.77. The van der Waals surface area contributed by atoms with Crippen molar-refractivity contribution in [3.8, 4) is 0 Å². The number of carbonyl (C=O) groups excluding carboxylic acids is 3. The molecule has 0 fully saturated rings. The zero-order valence-electron chi connectivity index (χ0n) is 53.1. The Balaban J connectivity index is 0.000000260. The molecule has 8 rings (SSSR count). The predicted octanol–water partition coefficient (Wildman–Crippen LogP) is 3.29. The van der Waals surface area contributed by atoms with E-state index in [1.165, 1.54) is 11.9 Å². The zero-order valence-corrected chi connectivity index (χ0v) is 53.1. The molecule has 0 radical (unpaired) electrons. The number of aliphatic hydroxyl groups excluding tert-OH is 10. The average molecular weight is 1300 g/mol. The third-order valence-corrected chi connectivity index (χ3v) is 15.1. The minimum Gasteiger partial charge on any atom is -0.481 e. The summed E-state index contributed by atoms with van der Waals surface area (Å²) in [5.41, 5.74) is 9.51. The number of Topliss-reactive ketones (excluding diaryl/α,β-unsaturated/α-hetero) is 2. The first-order chi connectivity index (χ1) is 45.7. The lowest BCUT2D eigenvalue weighted by molar-refractivity contribution is -0.137. The minimum absolute atomic E-state index is 0.0123. The van der Waals surface area contributed by atoms with E-state index < -0.39 is 68.0 Å². The number of carboxylic acid groups (broad SMARTS) is 1. The lowest BCUT2D eigenvalue weighted by Crippen LogP contribution is -2.50. The quantitative estimate of drug-likeness (QED) is 0.0258. The summed E-state index contributed by atoms with van der Waals surface area (Å²) in [4.78, 5) is 81.8. The van der Waals surface area contributed by atoms with E-state index in [1.807, 2.05) is 97.9 Å². The van der Waals surface area contributed by atoms with Crippen LogP contribution in [0.1, 0.15) is 96.9 Å². The number of likely N-dealkylation sites (N-methyl/N-ethyl adjacent to an activating group) is 1. The van der Waals surface area contributed by atoms with Crippen molar-refractivity contribution in [1.29, 1.82) is 0 Å². The van der Waals surface area contributed by atoms with Crippen LogP contribution in [0.15, 0.2) is 183 Å². The molecule has 0 aliphatic carbocycles. The summed E-state index contributed by atoms with van der Waals surface area (Å²) >= 11 is 0. The molecule has 2 aromatic carbocycles. The number of benzene rings is 2. The van der Waals surface area contributed by atoms with Crippen molar-refractivity contribution in [1.82, 2.24) is 44.6 Å².